The van der Waals surface area contributed by atoms with Gasteiger partial charge in [-0.2, -0.15) is 0 Å². The number of hydrogen-bond acceptors (Lipinski definition) is 3. The number of rotatable bonds is 3. The van der Waals surface area contributed by atoms with Gasteiger partial charge in [-0.3, -0.25) is 4.79 Å². The summed E-state index contributed by atoms with van der Waals surface area (Å²) >= 11 is 6.52. The van der Waals surface area contributed by atoms with Crippen LogP contribution < -0.4 is 4.74 Å². The van der Waals surface area contributed by atoms with Gasteiger partial charge in [0.2, 0.25) is 5.78 Å². The van der Waals surface area contributed by atoms with E-state index in [0.29, 0.717) is 5.75 Å². The standard InChI is InChI=1S/C12H7ClF2O2S/c1-17-10-2-3-18-12(10)11(16)6-4-9(15)7(13)5-8(6)14/h2-5H,1H3. The lowest BCUT2D eigenvalue weighted by molar-refractivity contribution is 0.103. The zero-order valence-corrected chi connectivity index (χ0v) is 10.7. The summed E-state index contributed by atoms with van der Waals surface area (Å²) in [4.78, 5) is 12.3. The normalized spacial score (nSPS) is 10.4. The summed E-state index contributed by atoms with van der Waals surface area (Å²) in [5, 5.41) is 1.28. The summed E-state index contributed by atoms with van der Waals surface area (Å²) in [5.74, 6) is -1.99. The van der Waals surface area contributed by atoms with Gasteiger partial charge in [0.1, 0.15) is 22.3 Å². The third-order valence-corrected chi connectivity index (χ3v) is 3.49. The number of ketones is 1. The van der Waals surface area contributed by atoms with Gasteiger partial charge in [0.25, 0.3) is 0 Å². The fraction of sp³-hybridized carbons (Fsp3) is 0.0833. The number of carbonyl (C=O) groups is 1. The Bertz CT molecular complexity index is 610. The van der Waals surface area contributed by atoms with Crippen LogP contribution in [0.1, 0.15) is 15.2 Å². The molecule has 1 heterocycles. The highest BCUT2D eigenvalue weighted by Crippen LogP contribution is 2.29. The molecule has 0 amide bonds. The molecule has 0 fully saturated rings. The average Bonchev–Trinajstić information content (AvgIpc) is 2.81. The highest BCUT2D eigenvalue weighted by atomic mass is 35.5. The SMILES string of the molecule is COc1ccsc1C(=O)c1cc(F)c(Cl)cc1F. The van der Waals surface area contributed by atoms with E-state index in [4.69, 9.17) is 16.3 Å². The van der Waals surface area contributed by atoms with Gasteiger partial charge in [-0.05, 0) is 23.6 Å². The molecule has 2 rings (SSSR count). The van der Waals surface area contributed by atoms with E-state index in [-0.39, 0.29) is 15.5 Å². The van der Waals surface area contributed by atoms with Crippen LogP contribution in [0, 0.1) is 11.6 Å². The number of methoxy groups -OCH3 is 1. The van der Waals surface area contributed by atoms with Gasteiger partial charge < -0.3 is 4.74 Å². The molecular weight excluding hydrogens is 282 g/mol. The van der Waals surface area contributed by atoms with Crippen LogP contribution in [-0.2, 0) is 0 Å². The highest BCUT2D eigenvalue weighted by Gasteiger charge is 2.21. The number of hydrogen-bond donors (Lipinski definition) is 0. The first kappa shape index (κ1) is 13.0. The van der Waals surface area contributed by atoms with E-state index in [1.54, 1.807) is 11.4 Å². The van der Waals surface area contributed by atoms with Gasteiger partial charge in [0.05, 0.1) is 17.7 Å². The molecule has 0 bridgehead atoms. The summed E-state index contributed by atoms with van der Waals surface area (Å²) in [6.45, 7) is 0. The minimum absolute atomic E-state index is 0.220. The van der Waals surface area contributed by atoms with Gasteiger partial charge in [-0.1, -0.05) is 11.6 Å². The number of benzene rings is 1. The molecule has 94 valence electrons. The maximum absolute atomic E-state index is 13.6. The van der Waals surface area contributed by atoms with E-state index in [1.165, 1.54) is 7.11 Å². The van der Waals surface area contributed by atoms with Crippen molar-refractivity contribution in [1.29, 1.82) is 0 Å². The second-order valence-electron chi connectivity index (χ2n) is 3.39. The summed E-state index contributed by atoms with van der Waals surface area (Å²) in [7, 11) is 1.40. The lowest BCUT2D eigenvalue weighted by Gasteiger charge is -2.04. The maximum Gasteiger partial charge on any atom is 0.209 e. The van der Waals surface area contributed by atoms with Crippen LogP contribution >= 0.6 is 22.9 Å². The van der Waals surface area contributed by atoms with Crippen LogP contribution in [0.25, 0.3) is 0 Å². The second-order valence-corrected chi connectivity index (χ2v) is 4.72. The van der Waals surface area contributed by atoms with Crippen molar-refractivity contribution in [2.45, 2.75) is 0 Å². The van der Waals surface area contributed by atoms with Crippen molar-refractivity contribution in [3.8, 4) is 5.75 Å². The topological polar surface area (TPSA) is 26.3 Å². The summed E-state index contributed by atoms with van der Waals surface area (Å²) in [6.07, 6.45) is 0. The quantitative estimate of drug-likeness (QED) is 0.632. The molecule has 0 radical (unpaired) electrons. The lowest BCUT2D eigenvalue weighted by atomic mass is 10.1. The smallest absolute Gasteiger partial charge is 0.209 e. The molecule has 18 heavy (non-hydrogen) atoms. The molecule has 0 N–H and O–H groups in total. The number of halogens is 3. The van der Waals surface area contributed by atoms with Crippen molar-refractivity contribution in [2.75, 3.05) is 7.11 Å². The first-order valence-electron chi connectivity index (χ1n) is 4.85. The molecule has 6 heteroatoms. The Morgan fingerprint density at radius 3 is 2.72 bits per heavy atom. The fourth-order valence-corrected chi connectivity index (χ4v) is 2.41. The predicted molar refractivity (Wildman–Crippen MR) is 65.7 cm³/mol. The van der Waals surface area contributed by atoms with Crippen LogP contribution in [0.3, 0.4) is 0 Å². The highest BCUT2D eigenvalue weighted by molar-refractivity contribution is 7.12. The van der Waals surface area contributed by atoms with Gasteiger partial charge in [0, 0.05) is 0 Å². The predicted octanol–water partition coefficient (Wildman–Crippen LogP) is 3.92. The molecule has 0 spiro atoms. The first-order chi connectivity index (χ1) is 8.54. The number of thiophene rings is 1. The monoisotopic (exact) mass is 288 g/mol. The van der Waals surface area contributed by atoms with Crippen molar-refractivity contribution in [2.24, 2.45) is 0 Å². The molecular formula is C12H7ClF2O2S. The number of carbonyl (C=O) groups excluding carboxylic acids is 1. The van der Waals surface area contributed by atoms with Crippen LogP contribution in [0.5, 0.6) is 5.75 Å². The van der Waals surface area contributed by atoms with Gasteiger partial charge in [-0.25, -0.2) is 8.78 Å². The molecule has 0 aliphatic rings. The first-order valence-corrected chi connectivity index (χ1v) is 6.11. The van der Waals surface area contributed by atoms with Crippen molar-refractivity contribution in [3.05, 3.63) is 50.7 Å². The van der Waals surface area contributed by atoms with Crippen molar-refractivity contribution >= 4 is 28.7 Å². The summed E-state index contributed by atoms with van der Waals surface area (Å²) in [5.41, 5.74) is -0.363. The Morgan fingerprint density at radius 1 is 1.33 bits per heavy atom. The zero-order valence-electron chi connectivity index (χ0n) is 9.17. The van der Waals surface area contributed by atoms with Crippen LogP contribution in [-0.4, -0.2) is 12.9 Å². The van der Waals surface area contributed by atoms with Crippen molar-refractivity contribution in [3.63, 3.8) is 0 Å². The Labute approximate surface area is 111 Å². The Balaban J connectivity index is 2.50. The number of ether oxygens (including phenoxy) is 1. The van der Waals surface area contributed by atoms with E-state index in [1.807, 2.05) is 0 Å². The van der Waals surface area contributed by atoms with Crippen molar-refractivity contribution < 1.29 is 18.3 Å². The van der Waals surface area contributed by atoms with Gasteiger partial charge in [-0.15, -0.1) is 11.3 Å². The molecule has 2 aromatic rings. The molecule has 0 aliphatic carbocycles. The molecule has 1 aromatic heterocycles. The van der Waals surface area contributed by atoms with Gasteiger partial charge >= 0.3 is 0 Å². The lowest BCUT2D eigenvalue weighted by Crippen LogP contribution is -2.05. The third kappa shape index (κ3) is 2.23. The summed E-state index contributed by atoms with van der Waals surface area (Å²) in [6, 6.07) is 3.16. The molecule has 0 saturated carbocycles. The minimum Gasteiger partial charge on any atom is -0.495 e. The molecule has 0 atom stereocenters. The maximum atomic E-state index is 13.6. The van der Waals surface area contributed by atoms with Crippen molar-refractivity contribution in [1.82, 2.24) is 0 Å². The van der Waals surface area contributed by atoms with E-state index < -0.39 is 17.4 Å². The summed E-state index contributed by atoms with van der Waals surface area (Å²) < 4.78 is 31.8. The van der Waals surface area contributed by atoms with E-state index in [2.05, 4.69) is 0 Å². The molecule has 1 aromatic carbocycles. The van der Waals surface area contributed by atoms with Crippen LogP contribution in [0.15, 0.2) is 23.6 Å². The molecule has 0 unspecified atom stereocenters. The molecule has 0 aliphatic heterocycles. The third-order valence-electron chi connectivity index (χ3n) is 2.31. The Morgan fingerprint density at radius 2 is 2.06 bits per heavy atom. The fourth-order valence-electron chi connectivity index (χ4n) is 1.44. The van der Waals surface area contributed by atoms with E-state index in [0.717, 1.165) is 23.5 Å². The average molecular weight is 289 g/mol. The van der Waals surface area contributed by atoms with E-state index >= 15 is 0 Å². The van der Waals surface area contributed by atoms with E-state index in [9.17, 15) is 13.6 Å². The Kier molecular flexibility index (Phi) is 3.63. The Hall–Kier alpha value is -1.46. The second kappa shape index (κ2) is 5.04. The van der Waals surface area contributed by atoms with Crippen LogP contribution in [0.2, 0.25) is 5.02 Å². The zero-order chi connectivity index (χ0) is 13.3. The van der Waals surface area contributed by atoms with Crippen LogP contribution in [0.4, 0.5) is 8.78 Å². The largest absolute Gasteiger partial charge is 0.495 e. The van der Waals surface area contributed by atoms with Gasteiger partial charge in [0.15, 0.2) is 0 Å². The minimum atomic E-state index is -0.859. The molecule has 0 saturated heterocycles. The molecule has 2 nitrogen and oxygen atoms in total.